The normalized spacial score (nSPS) is 10.0. The molecule has 1 aromatic carbocycles. The van der Waals surface area contributed by atoms with Gasteiger partial charge in [0.05, 0.1) is 11.8 Å². The summed E-state index contributed by atoms with van der Waals surface area (Å²) in [6.45, 7) is 0. The second-order valence-electron chi connectivity index (χ2n) is 3.43. The van der Waals surface area contributed by atoms with Gasteiger partial charge in [-0.05, 0) is 12.1 Å². The predicted molar refractivity (Wildman–Crippen MR) is 69.8 cm³/mol. The van der Waals surface area contributed by atoms with E-state index in [-0.39, 0.29) is 11.2 Å². The van der Waals surface area contributed by atoms with Crippen LogP contribution in [-0.2, 0) is 10.1 Å². The minimum absolute atomic E-state index is 0. The summed E-state index contributed by atoms with van der Waals surface area (Å²) in [6, 6.07) is 10.7. The Morgan fingerprint density at radius 1 is 1.16 bits per heavy atom. The van der Waals surface area contributed by atoms with Gasteiger partial charge in [-0.3, -0.25) is 4.55 Å². The summed E-state index contributed by atoms with van der Waals surface area (Å²) >= 11 is 0. The van der Waals surface area contributed by atoms with E-state index < -0.39 is 16.1 Å². The molecule has 0 radical (unpaired) electrons. The van der Waals surface area contributed by atoms with Crippen LogP contribution in [0.1, 0.15) is 10.5 Å². The monoisotopic (exact) mass is 287 g/mol. The van der Waals surface area contributed by atoms with Crippen LogP contribution in [0.15, 0.2) is 36.4 Å². The van der Waals surface area contributed by atoms with Gasteiger partial charge in [0, 0.05) is 5.39 Å². The third-order valence-electron chi connectivity index (χ3n) is 1.82. The van der Waals surface area contributed by atoms with E-state index >= 15 is 0 Å². The third-order valence-corrected chi connectivity index (χ3v) is 1.82. The number of benzene rings is 1. The minimum Gasteiger partial charge on any atom is -0.477 e. The Hall–Kier alpha value is -2.03. The van der Waals surface area contributed by atoms with Crippen molar-refractivity contribution in [3.8, 4) is 0 Å². The Kier molecular flexibility index (Phi) is 6.06. The van der Waals surface area contributed by atoms with Gasteiger partial charge in [-0.25, -0.2) is 9.78 Å². The van der Waals surface area contributed by atoms with Crippen molar-refractivity contribution in [2.24, 2.45) is 0 Å². The molecular formula is C11H13NO6S. The lowest BCUT2D eigenvalue weighted by molar-refractivity contribution is 0.0691. The first-order valence-electron chi connectivity index (χ1n) is 4.79. The highest BCUT2D eigenvalue weighted by Crippen LogP contribution is 2.11. The van der Waals surface area contributed by atoms with Crippen LogP contribution in [0, 0.1) is 0 Å². The lowest BCUT2D eigenvalue weighted by atomic mass is 10.2. The number of carboxylic acid groups (broad SMARTS) is 1. The predicted octanol–water partition coefficient (Wildman–Crippen LogP) is 0.612. The van der Waals surface area contributed by atoms with E-state index in [0.29, 0.717) is 11.8 Å². The molecule has 0 aliphatic rings. The molecule has 0 aliphatic carbocycles. The van der Waals surface area contributed by atoms with Crippen molar-refractivity contribution in [2.45, 2.75) is 0 Å². The number of rotatable bonds is 1. The number of hydrogen-bond donors (Lipinski definition) is 2. The van der Waals surface area contributed by atoms with Crippen LogP contribution in [0.2, 0.25) is 0 Å². The van der Waals surface area contributed by atoms with Gasteiger partial charge in [0.25, 0.3) is 10.1 Å². The first-order chi connectivity index (χ1) is 8.27. The maximum Gasteiger partial charge on any atom is 0.354 e. The van der Waals surface area contributed by atoms with Gasteiger partial charge in [-0.15, -0.1) is 0 Å². The lowest BCUT2D eigenvalue weighted by Crippen LogP contribution is -1.99. The Balaban J connectivity index is 0.000000471. The van der Waals surface area contributed by atoms with Crippen LogP contribution < -0.4 is 0 Å². The molecule has 0 spiro atoms. The summed E-state index contributed by atoms with van der Waals surface area (Å²) in [5, 5.41) is 9.63. The Morgan fingerprint density at radius 3 is 2.21 bits per heavy atom. The van der Waals surface area contributed by atoms with E-state index in [1.54, 1.807) is 12.1 Å². The fraction of sp³-hybridized carbons (Fsp3) is 0.0909. The maximum absolute atomic E-state index is 10.6. The number of hydrogen-bond acceptors (Lipinski definition) is 4. The molecule has 0 saturated carbocycles. The molecule has 19 heavy (non-hydrogen) atoms. The fourth-order valence-corrected chi connectivity index (χ4v) is 1.19. The number of pyridine rings is 1. The quantitative estimate of drug-likeness (QED) is 0.737. The van der Waals surface area contributed by atoms with Crippen LogP contribution in [0.3, 0.4) is 0 Å². The standard InChI is InChI=1S/C10H7NO2.CH4O3S.H2O/c12-10(13)9-6-5-7-3-1-2-4-8(7)11-9;1-5(2,3)4;/h1-6H,(H,12,13);1H3,(H,2,3,4);1H2. The van der Waals surface area contributed by atoms with Gasteiger partial charge in [-0.2, -0.15) is 8.42 Å². The van der Waals surface area contributed by atoms with Gasteiger partial charge in [0.2, 0.25) is 0 Å². The molecule has 2 rings (SSSR count). The third kappa shape index (κ3) is 6.46. The van der Waals surface area contributed by atoms with Crippen LogP contribution in [0.4, 0.5) is 0 Å². The second-order valence-corrected chi connectivity index (χ2v) is 4.89. The highest BCUT2D eigenvalue weighted by Gasteiger charge is 2.03. The second kappa shape index (κ2) is 6.78. The molecule has 0 atom stereocenters. The summed E-state index contributed by atoms with van der Waals surface area (Å²) in [5.74, 6) is -0.995. The number of fused-ring (bicyclic) bond motifs is 1. The molecule has 1 heterocycles. The largest absolute Gasteiger partial charge is 0.477 e. The Labute approximate surface area is 109 Å². The molecular weight excluding hydrogens is 274 g/mol. The van der Waals surface area contributed by atoms with Crippen molar-refractivity contribution < 1.29 is 28.3 Å². The SMILES string of the molecule is CS(=O)(=O)O.O.O=C(O)c1ccc2ccccc2n1. The van der Waals surface area contributed by atoms with E-state index in [1.165, 1.54) is 6.07 Å². The summed E-state index contributed by atoms with van der Waals surface area (Å²) < 4.78 is 25.9. The number of carboxylic acids is 1. The summed E-state index contributed by atoms with van der Waals surface area (Å²) in [4.78, 5) is 14.6. The van der Waals surface area contributed by atoms with Crippen molar-refractivity contribution >= 4 is 27.0 Å². The average Bonchev–Trinajstić information content (AvgIpc) is 2.26. The molecule has 0 saturated heterocycles. The fourth-order valence-electron chi connectivity index (χ4n) is 1.19. The summed E-state index contributed by atoms with van der Waals surface area (Å²) in [7, 11) is -3.67. The maximum atomic E-state index is 10.6. The van der Waals surface area contributed by atoms with Gasteiger partial charge in [0.1, 0.15) is 5.69 Å². The van der Waals surface area contributed by atoms with Gasteiger partial charge in [0.15, 0.2) is 0 Å². The Morgan fingerprint density at radius 2 is 1.68 bits per heavy atom. The molecule has 0 bridgehead atoms. The van der Waals surface area contributed by atoms with Crippen molar-refractivity contribution in [1.29, 1.82) is 0 Å². The van der Waals surface area contributed by atoms with Crippen LogP contribution in [-0.4, -0.2) is 40.8 Å². The smallest absolute Gasteiger partial charge is 0.354 e. The number of nitrogens with zero attached hydrogens (tertiary/aromatic N) is 1. The van der Waals surface area contributed by atoms with Gasteiger partial charge >= 0.3 is 5.97 Å². The minimum atomic E-state index is -3.67. The molecule has 4 N–H and O–H groups in total. The van der Waals surface area contributed by atoms with Crippen LogP contribution >= 0.6 is 0 Å². The molecule has 8 heteroatoms. The molecule has 0 amide bonds. The van der Waals surface area contributed by atoms with E-state index in [2.05, 4.69) is 4.98 Å². The van der Waals surface area contributed by atoms with Crippen molar-refractivity contribution in [1.82, 2.24) is 4.98 Å². The van der Waals surface area contributed by atoms with E-state index in [0.717, 1.165) is 5.39 Å². The topological polar surface area (TPSA) is 136 Å². The van der Waals surface area contributed by atoms with Crippen LogP contribution in [0.25, 0.3) is 10.9 Å². The zero-order chi connectivity index (χ0) is 13.8. The molecule has 104 valence electrons. The van der Waals surface area contributed by atoms with E-state index in [4.69, 9.17) is 9.66 Å². The molecule has 1 aromatic heterocycles. The van der Waals surface area contributed by atoms with E-state index in [9.17, 15) is 13.2 Å². The molecule has 0 aliphatic heterocycles. The van der Waals surface area contributed by atoms with Crippen molar-refractivity contribution in [3.63, 3.8) is 0 Å². The number of aromatic carboxylic acids is 1. The van der Waals surface area contributed by atoms with Crippen molar-refractivity contribution in [2.75, 3.05) is 6.26 Å². The van der Waals surface area contributed by atoms with Crippen LogP contribution in [0.5, 0.6) is 0 Å². The zero-order valence-electron chi connectivity index (χ0n) is 9.94. The summed E-state index contributed by atoms with van der Waals surface area (Å²) in [5.41, 5.74) is 0.793. The molecule has 7 nitrogen and oxygen atoms in total. The highest BCUT2D eigenvalue weighted by atomic mass is 32.2. The zero-order valence-corrected chi connectivity index (χ0v) is 10.8. The van der Waals surface area contributed by atoms with Gasteiger partial charge < -0.3 is 10.6 Å². The first kappa shape index (κ1) is 17.0. The highest BCUT2D eigenvalue weighted by molar-refractivity contribution is 7.85. The van der Waals surface area contributed by atoms with Crippen molar-refractivity contribution in [3.05, 3.63) is 42.1 Å². The lowest BCUT2D eigenvalue weighted by Gasteiger charge is -1.97. The Bertz CT molecular complexity index is 660. The summed E-state index contributed by atoms with van der Waals surface area (Å²) in [6.07, 6.45) is 0.715. The van der Waals surface area contributed by atoms with E-state index in [1.807, 2.05) is 18.2 Å². The first-order valence-corrected chi connectivity index (χ1v) is 6.64. The molecule has 0 fully saturated rings. The average molecular weight is 287 g/mol. The van der Waals surface area contributed by atoms with Gasteiger partial charge in [-0.1, -0.05) is 24.3 Å². The number of para-hydroxylation sites is 1. The number of aromatic nitrogens is 1. The number of carbonyl (C=O) groups is 1. The molecule has 2 aromatic rings. The molecule has 0 unspecified atom stereocenters.